The summed E-state index contributed by atoms with van der Waals surface area (Å²) in [5.74, 6) is 0.633. The molecule has 0 spiro atoms. The Labute approximate surface area is 202 Å². The summed E-state index contributed by atoms with van der Waals surface area (Å²) in [4.78, 5) is 14.7. The van der Waals surface area contributed by atoms with E-state index in [2.05, 4.69) is 53.0 Å². The number of hydrogen-bond donors (Lipinski definition) is 1. The van der Waals surface area contributed by atoms with Gasteiger partial charge in [-0.2, -0.15) is 0 Å². The molecule has 168 valence electrons. The summed E-state index contributed by atoms with van der Waals surface area (Å²) in [6.45, 7) is 10.5. The quantitative estimate of drug-likeness (QED) is 0.278. The monoisotopic (exact) mass is 489 g/mol. The van der Waals surface area contributed by atoms with E-state index in [1.807, 2.05) is 16.7 Å². The molecule has 3 aromatic rings. The Morgan fingerprint density at radius 2 is 1.78 bits per heavy atom. The van der Waals surface area contributed by atoms with E-state index in [9.17, 15) is 4.79 Å². The van der Waals surface area contributed by atoms with Gasteiger partial charge in [0.05, 0.1) is 21.5 Å². The average molecular weight is 490 g/mol. The lowest BCUT2D eigenvalue weighted by atomic mass is 10.2. The minimum atomic E-state index is -0.233. The normalized spacial score (nSPS) is 10.8. The lowest BCUT2D eigenvalue weighted by molar-refractivity contribution is -0.113. The van der Waals surface area contributed by atoms with Crippen molar-refractivity contribution < 1.29 is 4.79 Å². The van der Waals surface area contributed by atoms with Crippen LogP contribution in [0.5, 0.6) is 0 Å². The number of thioether (sulfide) groups is 1. The third-order valence-electron chi connectivity index (χ3n) is 4.84. The maximum atomic E-state index is 12.5. The Balaban J connectivity index is 1.75. The number of amides is 1. The third kappa shape index (κ3) is 5.65. The van der Waals surface area contributed by atoms with Crippen LogP contribution in [-0.4, -0.2) is 39.5 Å². The molecule has 0 radical (unpaired) electrons. The first-order valence-corrected chi connectivity index (χ1v) is 12.0. The van der Waals surface area contributed by atoms with Crippen LogP contribution in [0.2, 0.25) is 10.0 Å². The first kappa shape index (κ1) is 24.2. The molecule has 6 nitrogen and oxygen atoms in total. The van der Waals surface area contributed by atoms with Crippen molar-refractivity contribution in [3.63, 3.8) is 0 Å². The molecule has 0 atom stereocenters. The van der Waals surface area contributed by atoms with Crippen molar-refractivity contribution in [3.8, 4) is 11.4 Å². The van der Waals surface area contributed by atoms with Crippen molar-refractivity contribution in [1.82, 2.24) is 14.8 Å². The van der Waals surface area contributed by atoms with Gasteiger partial charge in [0.1, 0.15) is 0 Å². The van der Waals surface area contributed by atoms with E-state index in [1.54, 1.807) is 24.3 Å². The average Bonchev–Trinajstić information content (AvgIpc) is 3.19. The van der Waals surface area contributed by atoms with Crippen LogP contribution in [0.1, 0.15) is 13.8 Å². The zero-order chi connectivity index (χ0) is 23.1. The highest BCUT2D eigenvalue weighted by atomic mass is 35.5. The van der Waals surface area contributed by atoms with E-state index in [-0.39, 0.29) is 11.7 Å². The molecule has 1 N–H and O–H groups in total. The number of nitrogens with zero attached hydrogens (tertiary/aromatic N) is 4. The van der Waals surface area contributed by atoms with Gasteiger partial charge in [-0.1, -0.05) is 47.1 Å². The maximum Gasteiger partial charge on any atom is 0.234 e. The number of anilines is 2. The van der Waals surface area contributed by atoms with Crippen molar-refractivity contribution in [2.45, 2.75) is 25.5 Å². The summed E-state index contributed by atoms with van der Waals surface area (Å²) in [5, 5.41) is 12.8. The SMILES string of the molecule is C=CCn1c(SCC(=O)Nc2c(Cl)cccc2Cl)nnc1-c1ccc(N(CC)CC)cc1. The van der Waals surface area contributed by atoms with Crippen LogP contribution in [0, 0.1) is 0 Å². The first-order chi connectivity index (χ1) is 15.5. The molecule has 0 unspecified atom stereocenters. The van der Waals surface area contributed by atoms with Gasteiger partial charge in [-0.15, -0.1) is 16.8 Å². The highest BCUT2D eigenvalue weighted by Gasteiger charge is 2.16. The number of aromatic nitrogens is 3. The lowest BCUT2D eigenvalue weighted by Crippen LogP contribution is -2.21. The lowest BCUT2D eigenvalue weighted by Gasteiger charge is -2.21. The molecule has 1 amide bonds. The van der Waals surface area contributed by atoms with E-state index in [4.69, 9.17) is 23.2 Å². The smallest absolute Gasteiger partial charge is 0.234 e. The van der Waals surface area contributed by atoms with Crippen molar-refractivity contribution >= 4 is 52.2 Å². The highest BCUT2D eigenvalue weighted by molar-refractivity contribution is 7.99. The number of benzene rings is 2. The van der Waals surface area contributed by atoms with Crippen LogP contribution in [0.4, 0.5) is 11.4 Å². The second kappa shape index (κ2) is 11.4. The van der Waals surface area contributed by atoms with Gasteiger partial charge in [-0.25, -0.2) is 0 Å². The molecule has 32 heavy (non-hydrogen) atoms. The van der Waals surface area contributed by atoms with Crippen LogP contribution >= 0.6 is 35.0 Å². The molecule has 1 heterocycles. The molecule has 0 saturated carbocycles. The Kier molecular flexibility index (Phi) is 8.61. The van der Waals surface area contributed by atoms with Crippen LogP contribution < -0.4 is 10.2 Å². The molecule has 1 aromatic heterocycles. The Morgan fingerprint density at radius 3 is 2.38 bits per heavy atom. The summed E-state index contributed by atoms with van der Waals surface area (Å²) in [6.07, 6.45) is 1.78. The number of allylic oxidation sites excluding steroid dienone is 1. The fourth-order valence-electron chi connectivity index (χ4n) is 3.24. The van der Waals surface area contributed by atoms with Crippen molar-refractivity contribution in [1.29, 1.82) is 0 Å². The van der Waals surface area contributed by atoms with E-state index in [0.717, 1.165) is 30.2 Å². The summed E-state index contributed by atoms with van der Waals surface area (Å²) in [5.41, 5.74) is 2.52. The van der Waals surface area contributed by atoms with Gasteiger partial charge < -0.3 is 10.2 Å². The third-order valence-corrected chi connectivity index (χ3v) is 6.44. The number of hydrogen-bond acceptors (Lipinski definition) is 5. The summed E-state index contributed by atoms with van der Waals surface area (Å²) in [7, 11) is 0. The first-order valence-electron chi connectivity index (χ1n) is 10.2. The van der Waals surface area contributed by atoms with Gasteiger partial charge in [0.25, 0.3) is 0 Å². The number of nitrogens with one attached hydrogen (secondary N) is 1. The Bertz CT molecular complexity index is 1060. The second-order valence-electron chi connectivity index (χ2n) is 6.86. The zero-order valence-electron chi connectivity index (χ0n) is 18.0. The number of para-hydroxylation sites is 1. The van der Waals surface area contributed by atoms with Crippen molar-refractivity contribution in [3.05, 3.63) is 65.2 Å². The maximum absolute atomic E-state index is 12.5. The summed E-state index contributed by atoms with van der Waals surface area (Å²) < 4.78 is 1.94. The van der Waals surface area contributed by atoms with E-state index < -0.39 is 0 Å². The number of carbonyl (C=O) groups excluding carboxylic acids is 1. The van der Waals surface area contributed by atoms with E-state index >= 15 is 0 Å². The second-order valence-corrected chi connectivity index (χ2v) is 8.62. The van der Waals surface area contributed by atoms with Crippen LogP contribution in [0.25, 0.3) is 11.4 Å². The predicted molar refractivity (Wildman–Crippen MR) is 135 cm³/mol. The van der Waals surface area contributed by atoms with Gasteiger partial charge in [0.2, 0.25) is 5.91 Å². The topological polar surface area (TPSA) is 63.1 Å². The van der Waals surface area contributed by atoms with E-state index in [0.29, 0.717) is 27.4 Å². The van der Waals surface area contributed by atoms with Crippen molar-refractivity contribution in [2.75, 3.05) is 29.1 Å². The molecule has 0 aliphatic carbocycles. The molecule has 0 bridgehead atoms. The molecule has 0 saturated heterocycles. The number of halogens is 2. The molecule has 3 rings (SSSR count). The molecule has 0 aliphatic rings. The van der Waals surface area contributed by atoms with Gasteiger partial charge >= 0.3 is 0 Å². The Hall–Kier alpha value is -2.48. The van der Waals surface area contributed by atoms with Gasteiger partial charge in [0.15, 0.2) is 11.0 Å². The molecular formula is C23H25Cl2N5OS. The number of carbonyl (C=O) groups is 1. The largest absolute Gasteiger partial charge is 0.372 e. The molecular weight excluding hydrogens is 465 g/mol. The van der Waals surface area contributed by atoms with Crippen LogP contribution in [0.3, 0.4) is 0 Å². The van der Waals surface area contributed by atoms with Crippen molar-refractivity contribution in [2.24, 2.45) is 0 Å². The van der Waals surface area contributed by atoms with Crippen LogP contribution in [0.15, 0.2) is 60.3 Å². The number of rotatable bonds is 10. The standard InChI is InChI=1S/C23H25Cl2N5OS/c1-4-14-30-22(16-10-12-17(13-11-16)29(5-2)6-3)27-28-23(30)32-15-20(31)26-21-18(24)8-7-9-19(21)25/h4,7-13H,1,5-6,14-15H2,2-3H3,(H,26,31). The van der Waals surface area contributed by atoms with Gasteiger partial charge in [-0.05, 0) is 50.2 Å². The van der Waals surface area contributed by atoms with Gasteiger partial charge in [0, 0.05) is 30.9 Å². The molecule has 0 aliphatic heterocycles. The van der Waals surface area contributed by atoms with Crippen LogP contribution in [-0.2, 0) is 11.3 Å². The fraction of sp³-hybridized carbons (Fsp3) is 0.261. The minimum Gasteiger partial charge on any atom is -0.372 e. The predicted octanol–water partition coefficient (Wildman–Crippen LogP) is 6.01. The molecule has 9 heteroatoms. The fourth-order valence-corrected chi connectivity index (χ4v) is 4.48. The molecule has 0 fully saturated rings. The highest BCUT2D eigenvalue weighted by Crippen LogP contribution is 2.30. The zero-order valence-corrected chi connectivity index (χ0v) is 20.3. The minimum absolute atomic E-state index is 0.137. The van der Waals surface area contributed by atoms with E-state index in [1.165, 1.54) is 11.8 Å². The Morgan fingerprint density at radius 1 is 1.12 bits per heavy atom. The summed E-state index contributed by atoms with van der Waals surface area (Å²) >= 11 is 13.6. The summed E-state index contributed by atoms with van der Waals surface area (Å²) in [6, 6.07) is 13.3. The molecule has 2 aromatic carbocycles. The van der Waals surface area contributed by atoms with Gasteiger partial charge in [-0.3, -0.25) is 9.36 Å².